The molecule has 0 radical (unpaired) electrons. The van der Waals surface area contributed by atoms with E-state index < -0.39 is 0 Å². The lowest BCUT2D eigenvalue weighted by Crippen LogP contribution is -2.46. The first-order valence-corrected chi connectivity index (χ1v) is 8.65. The average Bonchev–Trinajstić information content (AvgIpc) is 2.65. The van der Waals surface area contributed by atoms with Crippen molar-refractivity contribution in [3.63, 3.8) is 0 Å². The van der Waals surface area contributed by atoms with Crippen molar-refractivity contribution in [1.29, 1.82) is 0 Å². The van der Waals surface area contributed by atoms with Crippen LogP contribution in [-0.4, -0.2) is 93.3 Å². The third-order valence-electron chi connectivity index (χ3n) is 3.32. The Bertz CT molecular complexity index is 244. The van der Waals surface area contributed by atoms with Gasteiger partial charge in [-0.05, 0) is 0 Å². The summed E-state index contributed by atoms with van der Waals surface area (Å²) in [5.74, 6) is 11.2. The molecule has 0 amide bonds. The van der Waals surface area contributed by atoms with E-state index in [1.807, 2.05) is 0 Å². The van der Waals surface area contributed by atoms with Crippen molar-refractivity contribution in [2.24, 2.45) is 28.9 Å². The fourth-order valence-electron chi connectivity index (χ4n) is 2.09. The zero-order chi connectivity index (χ0) is 19.9. The molecule has 0 bridgehead atoms. The molecule has 0 aromatic heterocycles. The lowest BCUT2D eigenvalue weighted by molar-refractivity contribution is 0.182. The van der Waals surface area contributed by atoms with Crippen molar-refractivity contribution in [2.75, 3.05) is 78.5 Å². The SMILES string of the molecule is C.C.C.C.C=C.C=C.NCCN(N)CCN(CCN)CCN(CCN)CCNN. The Morgan fingerprint density at radius 3 is 1.24 bits per heavy atom. The van der Waals surface area contributed by atoms with Crippen molar-refractivity contribution in [2.45, 2.75) is 29.7 Å². The van der Waals surface area contributed by atoms with Gasteiger partial charge in [-0.1, -0.05) is 29.7 Å². The Kier molecular flexibility index (Phi) is 66.3. The summed E-state index contributed by atoms with van der Waals surface area (Å²) in [7, 11) is 0. The van der Waals surface area contributed by atoms with E-state index in [2.05, 4.69) is 41.5 Å². The Balaban J connectivity index is -0.000000113. The Labute approximate surface area is 184 Å². The van der Waals surface area contributed by atoms with Gasteiger partial charge in [-0.15, -0.1) is 26.3 Å². The molecular weight excluding hydrogens is 366 g/mol. The highest BCUT2D eigenvalue weighted by molar-refractivity contribution is 4.66. The van der Waals surface area contributed by atoms with Crippen LogP contribution in [0.2, 0.25) is 0 Å². The van der Waals surface area contributed by atoms with Crippen LogP contribution >= 0.6 is 0 Å². The molecule has 0 heterocycles. The van der Waals surface area contributed by atoms with Gasteiger partial charge in [0.1, 0.15) is 0 Å². The zero-order valence-electron chi connectivity index (χ0n) is 16.0. The van der Waals surface area contributed by atoms with E-state index >= 15 is 0 Å². The van der Waals surface area contributed by atoms with Gasteiger partial charge in [0, 0.05) is 78.5 Å². The van der Waals surface area contributed by atoms with Gasteiger partial charge in [-0.25, -0.2) is 5.01 Å². The largest absolute Gasteiger partial charge is 0.329 e. The first-order valence-electron chi connectivity index (χ1n) is 8.65. The molecule has 0 atom stereocenters. The number of hydrogen-bond acceptors (Lipinski definition) is 9. The Morgan fingerprint density at radius 1 is 0.552 bits per heavy atom. The first kappa shape index (κ1) is 46.4. The van der Waals surface area contributed by atoms with E-state index in [0.29, 0.717) is 26.2 Å². The van der Waals surface area contributed by atoms with E-state index in [1.165, 1.54) is 0 Å². The van der Waals surface area contributed by atoms with Gasteiger partial charge >= 0.3 is 0 Å². The molecule has 0 spiro atoms. The van der Waals surface area contributed by atoms with Gasteiger partial charge in [0.05, 0.1) is 0 Å². The molecular formula is C20H59N9. The highest BCUT2D eigenvalue weighted by Crippen LogP contribution is 1.93. The van der Waals surface area contributed by atoms with Gasteiger partial charge in [0.25, 0.3) is 0 Å². The molecule has 0 aliphatic heterocycles. The zero-order valence-corrected chi connectivity index (χ0v) is 16.0. The van der Waals surface area contributed by atoms with Gasteiger partial charge < -0.3 is 17.2 Å². The quantitative estimate of drug-likeness (QED) is 0.123. The summed E-state index contributed by atoms with van der Waals surface area (Å²) in [6.07, 6.45) is 0. The molecule has 0 unspecified atom stereocenters. The number of nitrogens with zero attached hydrogens (tertiary/aromatic N) is 3. The maximum absolute atomic E-state index is 5.84. The lowest BCUT2D eigenvalue weighted by Gasteiger charge is -2.28. The van der Waals surface area contributed by atoms with E-state index in [-0.39, 0.29) is 29.7 Å². The van der Waals surface area contributed by atoms with Crippen LogP contribution in [0.1, 0.15) is 29.7 Å². The smallest absolute Gasteiger partial charge is 0.0257 e. The van der Waals surface area contributed by atoms with Crippen LogP contribution < -0.4 is 34.3 Å². The van der Waals surface area contributed by atoms with Crippen molar-refractivity contribution in [1.82, 2.24) is 20.2 Å². The van der Waals surface area contributed by atoms with Crippen LogP contribution in [0.3, 0.4) is 0 Å². The van der Waals surface area contributed by atoms with Crippen molar-refractivity contribution in [3.05, 3.63) is 26.3 Å². The average molecular weight is 426 g/mol. The second-order valence-electron chi connectivity index (χ2n) is 5.04. The van der Waals surface area contributed by atoms with Crippen molar-refractivity contribution in [3.8, 4) is 0 Å². The Hall–Kier alpha value is -0.880. The second kappa shape index (κ2) is 41.5. The molecule has 9 heteroatoms. The number of nitrogens with two attached hydrogens (primary N) is 5. The molecule has 9 nitrogen and oxygen atoms in total. The number of nitrogens with one attached hydrogen (secondary N) is 1. The molecule has 0 aliphatic carbocycles. The van der Waals surface area contributed by atoms with E-state index in [1.54, 1.807) is 5.01 Å². The normalized spacial score (nSPS) is 8.97. The molecule has 0 saturated heterocycles. The number of hydrazine groups is 2. The predicted octanol–water partition coefficient (Wildman–Crippen LogP) is 0.254. The van der Waals surface area contributed by atoms with Crippen LogP contribution in [-0.2, 0) is 0 Å². The van der Waals surface area contributed by atoms with Gasteiger partial charge in [0.2, 0.25) is 0 Å². The minimum Gasteiger partial charge on any atom is -0.329 e. The van der Waals surface area contributed by atoms with Crippen LogP contribution in [0.5, 0.6) is 0 Å². The number of rotatable bonds is 15. The molecule has 0 fully saturated rings. The van der Waals surface area contributed by atoms with Crippen molar-refractivity contribution >= 4 is 0 Å². The third kappa shape index (κ3) is 35.0. The maximum Gasteiger partial charge on any atom is 0.0257 e. The monoisotopic (exact) mass is 425 g/mol. The number of hydrogen-bond donors (Lipinski definition) is 6. The summed E-state index contributed by atoms with van der Waals surface area (Å²) in [5, 5.41) is 1.75. The third-order valence-corrected chi connectivity index (χ3v) is 3.32. The maximum atomic E-state index is 5.84. The molecule has 0 aliphatic rings. The molecule has 0 aromatic carbocycles. The second-order valence-corrected chi connectivity index (χ2v) is 5.04. The minimum absolute atomic E-state index is 0. The minimum atomic E-state index is 0. The van der Waals surface area contributed by atoms with Crippen molar-refractivity contribution < 1.29 is 0 Å². The topological polar surface area (TPSA) is 152 Å². The summed E-state index contributed by atoms with van der Waals surface area (Å²) in [5.41, 5.74) is 19.5. The van der Waals surface area contributed by atoms with Crippen LogP contribution in [0.4, 0.5) is 0 Å². The fraction of sp³-hybridized carbons (Fsp3) is 0.800. The van der Waals surface area contributed by atoms with Gasteiger partial charge in [-0.3, -0.25) is 26.9 Å². The summed E-state index contributed by atoms with van der Waals surface area (Å²) >= 11 is 0. The fourth-order valence-corrected chi connectivity index (χ4v) is 2.09. The summed E-state index contributed by atoms with van der Waals surface area (Å²) < 4.78 is 0. The predicted molar refractivity (Wildman–Crippen MR) is 137 cm³/mol. The highest BCUT2D eigenvalue weighted by Gasteiger charge is 2.09. The van der Waals surface area contributed by atoms with Crippen LogP contribution in [0, 0.1) is 0 Å². The van der Waals surface area contributed by atoms with Gasteiger partial charge in [-0.2, -0.15) is 0 Å². The summed E-state index contributed by atoms with van der Waals surface area (Å²) in [4.78, 5) is 4.61. The highest BCUT2D eigenvalue weighted by atomic mass is 15.4. The summed E-state index contributed by atoms with van der Waals surface area (Å²) in [6, 6.07) is 0. The van der Waals surface area contributed by atoms with E-state index in [0.717, 1.165) is 52.4 Å². The van der Waals surface area contributed by atoms with Crippen LogP contribution in [0.25, 0.3) is 0 Å². The van der Waals surface area contributed by atoms with E-state index in [9.17, 15) is 0 Å². The standard InChI is InChI=1S/C12H35N9.2C2H4.4CH4/c13-1-5-19(8-4-18-16)9-10-20(6-2-14)11-12-21(17)7-3-15;2*1-2;;;;/h18H,1-17H2;2*1-2H2;4*1H4. The first-order chi connectivity index (χ1) is 12.2. The molecule has 0 aromatic rings. The molecule has 29 heavy (non-hydrogen) atoms. The van der Waals surface area contributed by atoms with Gasteiger partial charge in [0.15, 0.2) is 0 Å². The lowest BCUT2D eigenvalue weighted by atomic mass is 10.3. The molecule has 184 valence electrons. The molecule has 0 saturated carbocycles. The Morgan fingerprint density at radius 2 is 0.897 bits per heavy atom. The summed E-state index contributed by atoms with van der Waals surface area (Å²) in [6.45, 7) is 21.5. The molecule has 11 N–H and O–H groups in total. The molecule has 0 rings (SSSR count). The van der Waals surface area contributed by atoms with E-state index in [4.69, 9.17) is 28.9 Å². The van der Waals surface area contributed by atoms with Crippen LogP contribution in [0.15, 0.2) is 26.3 Å².